The third-order valence-electron chi connectivity index (χ3n) is 4.57. The maximum absolute atomic E-state index is 12.5. The van der Waals surface area contributed by atoms with Gasteiger partial charge < -0.3 is 10.6 Å². The van der Waals surface area contributed by atoms with E-state index in [2.05, 4.69) is 20.9 Å². The number of rotatable bonds is 3. The zero-order chi connectivity index (χ0) is 16.9. The minimum absolute atomic E-state index is 0.141. The SMILES string of the molecule is O=C(Cn1cnc2c(c1=O)CCNCC2)NC(=O)NC1CCCC1. The quantitative estimate of drug-likeness (QED) is 0.704. The second kappa shape index (κ2) is 7.57. The summed E-state index contributed by atoms with van der Waals surface area (Å²) in [5.74, 6) is -0.513. The van der Waals surface area contributed by atoms with Gasteiger partial charge in [-0.1, -0.05) is 12.8 Å². The van der Waals surface area contributed by atoms with Gasteiger partial charge in [-0.05, 0) is 25.8 Å². The van der Waals surface area contributed by atoms with Crippen molar-refractivity contribution in [3.05, 3.63) is 27.9 Å². The zero-order valence-electron chi connectivity index (χ0n) is 13.6. The van der Waals surface area contributed by atoms with Gasteiger partial charge in [0.05, 0.1) is 12.0 Å². The van der Waals surface area contributed by atoms with Gasteiger partial charge in [0.15, 0.2) is 0 Å². The van der Waals surface area contributed by atoms with Crippen LogP contribution in [0.25, 0.3) is 0 Å². The van der Waals surface area contributed by atoms with E-state index in [1.807, 2.05) is 0 Å². The average molecular weight is 333 g/mol. The molecule has 8 nitrogen and oxygen atoms in total. The van der Waals surface area contributed by atoms with Gasteiger partial charge in [0, 0.05) is 24.6 Å². The number of hydrogen-bond donors (Lipinski definition) is 3. The van der Waals surface area contributed by atoms with Crippen molar-refractivity contribution in [3.8, 4) is 0 Å². The van der Waals surface area contributed by atoms with E-state index in [4.69, 9.17) is 0 Å². The summed E-state index contributed by atoms with van der Waals surface area (Å²) in [6, 6.07) is -0.353. The minimum Gasteiger partial charge on any atom is -0.335 e. The molecular formula is C16H23N5O3. The molecule has 1 fully saturated rings. The molecule has 1 saturated carbocycles. The number of carbonyl (C=O) groups excluding carboxylic acids is 2. The van der Waals surface area contributed by atoms with E-state index >= 15 is 0 Å². The van der Waals surface area contributed by atoms with Crippen molar-refractivity contribution in [2.24, 2.45) is 0 Å². The molecule has 1 aliphatic heterocycles. The molecule has 0 saturated heterocycles. The van der Waals surface area contributed by atoms with Gasteiger partial charge in [0.1, 0.15) is 6.54 Å². The second-order valence-corrected chi connectivity index (χ2v) is 6.36. The molecule has 1 aromatic heterocycles. The monoisotopic (exact) mass is 333 g/mol. The fourth-order valence-electron chi connectivity index (χ4n) is 3.30. The Balaban J connectivity index is 1.61. The Bertz CT molecular complexity index is 679. The minimum atomic E-state index is -0.513. The molecule has 3 amide bonds. The van der Waals surface area contributed by atoms with Gasteiger partial charge >= 0.3 is 6.03 Å². The molecule has 0 bridgehead atoms. The first kappa shape index (κ1) is 16.6. The Morgan fingerprint density at radius 2 is 2.00 bits per heavy atom. The predicted molar refractivity (Wildman–Crippen MR) is 87.7 cm³/mol. The van der Waals surface area contributed by atoms with E-state index in [9.17, 15) is 14.4 Å². The first-order chi connectivity index (χ1) is 11.6. The first-order valence-corrected chi connectivity index (χ1v) is 8.52. The number of carbonyl (C=O) groups is 2. The lowest BCUT2D eigenvalue weighted by atomic mass is 10.1. The van der Waals surface area contributed by atoms with Gasteiger partial charge in [-0.3, -0.25) is 19.5 Å². The van der Waals surface area contributed by atoms with Crippen molar-refractivity contribution in [2.75, 3.05) is 13.1 Å². The van der Waals surface area contributed by atoms with Crippen molar-refractivity contribution in [1.82, 2.24) is 25.5 Å². The highest BCUT2D eigenvalue weighted by Gasteiger charge is 2.19. The van der Waals surface area contributed by atoms with Crippen LogP contribution < -0.4 is 21.5 Å². The molecule has 1 aromatic rings. The first-order valence-electron chi connectivity index (χ1n) is 8.52. The number of nitrogens with zero attached hydrogens (tertiary/aromatic N) is 2. The van der Waals surface area contributed by atoms with Gasteiger partial charge in [0.25, 0.3) is 5.56 Å². The summed E-state index contributed by atoms with van der Waals surface area (Å²) >= 11 is 0. The van der Waals surface area contributed by atoms with Crippen LogP contribution in [-0.2, 0) is 24.2 Å². The van der Waals surface area contributed by atoms with Crippen LogP contribution in [0.3, 0.4) is 0 Å². The molecule has 8 heteroatoms. The van der Waals surface area contributed by atoms with Crippen LogP contribution in [0.15, 0.2) is 11.1 Å². The molecule has 130 valence electrons. The fraction of sp³-hybridized carbons (Fsp3) is 0.625. The molecule has 3 rings (SSSR count). The molecule has 0 atom stereocenters. The molecule has 2 heterocycles. The normalized spacial score (nSPS) is 17.8. The second-order valence-electron chi connectivity index (χ2n) is 6.36. The Labute approximate surface area is 140 Å². The predicted octanol–water partition coefficient (Wildman–Crippen LogP) is -0.300. The van der Waals surface area contributed by atoms with Crippen molar-refractivity contribution < 1.29 is 9.59 Å². The van der Waals surface area contributed by atoms with Crippen molar-refractivity contribution >= 4 is 11.9 Å². The van der Waals surface area contributed by atoms with E-state index in [0.29, 0.717) is 18.4 Å². The molecule has 0 aromatic carbocycles. The maximum Gasteiger partial charge on any atom is 0.321 e. The Hall–Kier alpha value is -2.22. The summed E-state index contributed by atoms with van der Waals surface area (Å²) in [5.41, 5.74) is 1.25. The van der Waals surface area contributed by atoms with Gasteiger partial charge in [0.2, 0.25) is 5.91 Å². The fourth-order valence-corrected chi connectivity index (χ4v) is 3.30. The average Bonchev–Trinajstić information content (AvgIpc) is 2.92. The zero-order valence-corrected chi connectivity index (χ0v) is 13.6. The highest BCUT2D eigenvalue weighted by Crippen LogP contribution is 2.17. The molecular weight excluding hydrogens is 310 g/mol. The number of aromatic nitrogens is 2. The third kappa shape index (κ3) is 4.00. The summed E-state index contributed by atoms with van der Waals surface area (Å²) in [6.07, 6.45) is 6.80. The van der Waals surface area contributed by atoms with Crippen molar-refractivity contribution in [2.45, 2.75) is 51.1 Å². The number of urea groups is 1. The summed E-state index contributed by atoms with van der Waals surface area (Å²) in [7, 11) is 0. The third-order valence-corrected chi connectivity index (χ3v) is 4.57. The van der Waals surface area contributed by atoms with E-state index < -0.39 is 11.9 Å². The van der Waals surface area contributed by atoms with Crippen LogP contribution in [0.4, 0.5) is 4.79 Å². The van der Waals surface area contributed by atoms with E-state index in [1.54, 1.807) is 0 Å². The number of nitrogens with one attached hydrogen (secondary N) is 3. The molecule has 2 aliphatic rings. The van der Waals surface area contributed by atoms with Crippen molar-refractivity contribution in [1.29, 1.82) is 0 Å². The molecule has 0 radical (unpaired) electrons. The number of fused-ring (bicyclic) bond motifs is 1. The Morgan fingerprint density at radius 3 is 2.79 bits per heavy atom. The molecule has 0 spiro atoms. The van der Waals surface area contributed by atoms with Gasteiger partial charge in [-0.2, -0.15) is 0 Å². The topological polar surface area (TPSA) is 105 Å². The lowest BCUT2D eigenvalue weighted by Crippen LogP contribution is -2.45. The van der Waals surface area contributed by atoms with Crippen LogP contribution >= 0.6 is 0 Å². The lowest BCUT2D eigenvalue weighted by molar-refractivity contribution is -0.120. The Kier molecular flexibility index (Phi) is 5.24. The summed E-state index contributed by atoms with van der Waals surface area (Å²) in [6.45, 7) is 1.32. The van der Waals surface area contributed by atoms with E-state index in [1.165, 1.54) is 10.9 Å². The molecule has 24 heavy (non-hydrogen) atoms. The van der Waals surface area contributed by atoms with E-state index in [-0.39, 0.29) is 18.1 Å². The standard InChI is InChI=1S/C16H23N5O3/c22-14(20-16(24)19-11-3-1-2-4-11)9-21-10-18-13-6-8-17-7-5-12(13)15(21)23/h10-11,17H,1-9H2,(H2,19,20,22,24). The van der Waals surface area contributed by atoms with Crippen LogP contribution in [0, 0.1) is 0 Å². The summed E-state index contributed by atoms with van der Waals surface area (Å²) in [4.78, 5) is 40.6. The Morgan fingerprint density at radius 1 is 1.25 bits per heavy atom. The molecule has 3 N–H and O–H groups in total. The highest BCUT2D eigenvalue weighted by atomic mass is 16.2. The van der Waals surface area contributed by atoms with Crippen LogP contribution in [0.1, 0.15) is 36.9 Å². The van der Waals surface area contributed by atoms with Crippen LogP contribution in [0.5, 0.6) is 0 Å². The van der Waals surface area contributed by atoms with Crippen LogP contribution in [-0.4, -0.2) is 40.6 Å². The number of hydrogen-bond acceptors (Lipinski definition) is 5. The smallest absolute Gasteiger partial charge is 0.321 e. The van der Waals surface area contributed by atoms with Crippen LogP contribution in [0.2, 0.25) is 0 Å². The van der Waals surface area contributed by atoms with Gasteiger partial charge in [-0.15, -0.1) is 0 Å². The number of amides is 3. The summed E-state index contributed by atoms with van der Waals surface area (Å²) < 4.78 is 1.27. The van der Waals surface area contributed by atoms with E-state index in [0.717, 1.165) is 44.5 Å². The molecule has 0 unspecified atom stereocenters. The van der Waals surface area contributed by atoms with Gasteiger partial charge in [-0.25, -0.2) is 9.78 Å². The summed E-state index contributed by atoms with van der Waals surface area (Å²) in [5, 5.41) is 8.29. The highest BCUT2D eigenvalue weighted by molar-refractivity contribution is 5.94. The molecule has 1 aliphatic carbocycles. The lowest BCUT2D eigenvalue weighted by Gasteiger charge is -2.13. The van der Waals surface area contributed by atoms with Crippen molar-refractivity contribution in [3.63, 3.8) is 0 Å². The largest absolute Gasteiger partial charge is 0.335 e. The maximum atomic E-state index is 12.5. The number of imide groups is 1.